The van der Waals surface area contributed by atoms with Gasteiger partial charge in [0.1, 0.15) is 0 Å². The third kappa shape index (κ3) is 3.26. The van der Waals surface area contributed by atoms with Gasteiger partial charge in [-0.15, -0.1) is 11.3 Å². The van der Waals surface area contributed by atoms with Crippen LogP contribution in [0, 0.1) is 5.92 Å². The molecule has 3 aliphatic rings. The summed E-state index contributed by atoms with van der Waals surface area (Å²) in [5, 5.41) is 6.13. The molecular formula is C15H24N4O2S. The highest BCUT2D eigenvalue weighted by molar-refractivity contribution is 7.13. The van der Waals surface area contributed by atoms with E-state index in [-0.39, 0.29) is 5.92 Å². The monoisotopic (exact) mass is 324 g/mol. The van der Waals surface area contributed by atoms with Gasteiger partial charge >= 0.3 is 0 Å². The molecule has 22 heavy (non-hydrogen) atoms. The van der Waals surface area contributed by atoms with E-state index in [1.165, 1.54) is 0 Å². The molecule has 7 heteroatoms. The summed E-state index contributed by atoms with van der Waals surface area (Å²) in [4.78, 5) is 21.6. The van der Waals surface area contributed by atoms with Gasteiger partial charge in [0.05, 0.1) is 18.2 Å². The van der Waals surface area contributed by atoms with Gasteiger partial charge in [-0.25, -0.2) is 4.98 Å². The summed E-state index contributed by atoms with van der Waals surface area (Å²) >= 11 is 1.63. The number of piperidine rings is 1. The molecule has 3 fully saturated rings. The van der Waals surface area contributed by atoms with Crippen LogP contribution in [0.3, 0.4) is 0 Å². The lowest BCUT2D eigenvalue weighted by atomic mass is 9.94. The van der Waals surface area contributed by atoms with E-state index in [0.29, 0.717) is 25.1 Å². The first-order chi connectivity index (χ1) is 10.7. The minimum Gasteiger partial charge on any atom is -0.383 e. The highest BCUT2D eigenvalue weighted by Crippen LogP contribution is 2.30. The van der Waals surface area contributed by atoms with Gasteiger partial charge in [0.15, 0.2) is 5.13 Å². The molecule has 0 aliphatic carbocycles. The number of thiazole rings is 1. The van der Waals surface area contributed by atoms with Crippen LogP contribution >= 0.6 is 11.3 Å². The van der Waals surface area contributed by atoms with Crippen molar-refractivity contribution in [1.82, 2.24) is 14.8 Å². The molecule has 4 rings (SSSR count). The molecule has 0 saturated carbocycles. The lowest BCUT2D eigenvalue weighted by Crippen LogP contribution is -2.49. The number of anilines is 1. The summed E-state index contributed by atoms with van der Waals surface area (Å²) in [7, 11) is 3.58. The number of carbonyl (C=O) groups is 1. The van der Waals surface area contributed by atoms with Crippen molar-refractivity contribution in [1.29, 1.82) is 0 Å². The molecule has 4 heterocycles. The van der Waals surface area contributed by atoms with Crippen molar-refractivity contribution in [3.8, 4) is 0 Å². The maximum absolute atomic E-state index is 12.6. The van der Waals surface area contributed by atoms with Crippen LogP contribution < -0.4 is 5.32 Å². The average molecular weight is 324 g/mol. The molecule has 1 aromatic rings. The van der Waals surface area contributed by atoms with Crippen LogP contribution in [0.4, 0.5) is 5.13 Å². The fourth-order valence-corrected chi connectivity index (χ4v) is 4.13. The Balaban J connectivity index is 1.67. The number of fused-ring (bicyclic) bond motifs is 4. The smallest absolute Gasteiger partial charge is 0.227 e. The van der Waals surface area contributed by atoms with Crippen molar-refractivity contribution < 1.29 is 9.53 Å². The quantitative estimate of drug-likeness (QED) is 0.853. The van der Waals surface area contributed by atoms with Gasteiger partial charge in [-0.05, 0) is 12.8 Å². The predicted octanol–water partition coefficient (Wildman–Crippen LogP) is 1.25. The maximum atomic E-state index is 12.6. The third-order valence-corrected chi connectivity index (χ3v) is 5.47. The first-order valence-electron chi connectivity index (χ1n) is 7.85. The molecule has 2 atom stereocenters. The Morgan fingerprint density at radius 2 is 2.32 bits per heavy atom. The van der Waals surface area contributed by atoms with Crippen LogP contribution in [0.5, 0.6) is 0 Å². The van der Waals surface area contributed by atoms with E-state index in [4.69, 9.17) is 4.74 Å². The largest absolute Gasteiger partial charge is 0.383 e. The summed E-state index contributed by atoms with van der Waals surface area (Å²) in [6, 6.07) is 0.323. The molecule has 0 spiro atoms. The van der Waals surface area contributed by atoms with Crippen molar-refractivity contribution in [2.45, 2.75) is 25.4 Å². The molecule has 6 nitrogen and oxygen atoms in total. The summed E-state index contributed by atoms with van der Waals surface area (Å²) in [5.41, 5.74) is 1.09. The number of hydrogen-bond donors (Lipinski definition) is 1. The summed E-state index contributed by atoms with van der Waals surface area (Å²) in [5.74, 6) is 0.447. The number of methoxy groups -OCH3 is 1. The molecule has 3 saturated heterocycles. The minimum absolute atomic E-state index is 0.137. The van der Waals surface area contributed by atoms with Gasteiger partial charge in [0.2, 0.25) is 5.91 Å². The fraction of sp³-hybridized carbons (Fsp3) is 0.733. The number of ether oxygens (including phenoxy) is 1. The molecule has 1 N–H and O–H groups in total. The van der Waals surface area contributed by atoms with E-state index in [9.17, 15) is 4.79 Å². The fourth-order valence-electron chi connectivity index (χ4n) is 3.47. The zero-order valence-electron chi connectivity index (χ0n) is 13.2. The minimum atomic E-state index is 0.137. The van der Waals surface area contributed by atoms with Gasteiger partial charge < -0.3 is 15.0 Å². The predicted molar refractivity (Wildman–Crippen MR) is 87.0 cm³/mol. The molecule has 122 valence electrons. The Kier molecular flexibility index (Phi) is 4.95. The average Bonchev–Trinajstić information content (AvgIpc) is 2.81. The Morgan fingerprint density at radius 3 is 3.05 bits per heavy atom. The van der Waals surface area contributed by atoms with Gasteiger partial charge in [0, 0.05) is 51.8 Å². The van der Waals surface area contributed by atoms with Gasteiger partial charge in [-0.3, -0.25) is 9.69 Å². The highest BCUT2D eigenvalue weighted by atomic mass is 32.1. The Bertz CT molecular complexity index is 521. The SMILES string of the molecule is CNc1nc(CN2C[C@H]3CC[C@@H](C2)N(CCOC)C3=O)cs1. The van der Waals surface area contributed by atoms with Crippen molar-refractivity contribution in [3.05, 3.63) is 11.1 Å². The molecule has 1 amide bonds. The van der Waals surface area contributed by atoms with Crippen LogP contribution in [0.25, 0.3) is 0 Å². The topological polar surface area (TPSA) is 57.7 Å². The maximum Gasteiger partial charge on any atom is 0.227 e. The molecule has 0 aromatic carbocycles. The number of nitrogens with zero attached hydrogens (tertiary/aromatic N) is 3. The number of carbonyl (C=O) groups excluding carboxylic acids is 1. The second kappa shape index (κ2) is 6.93. The normalized spacial score (nSPS) is 25.5. The number of rotatable bonds is 6. The van der Waals surface area contributed by atoms with Gasteiger partial charge in [-0.2, -0.15) is 0 Å². The second-order valence-corrected chi connectivity index (χ2v) is 6.90. The van der Waals surface area contributed by atoms with E-state index in [2.05, 4.69) is 20.6 Å². The standard InChI is InChI=1S/C15H24N4O2S/c1-16-15-17-12(10-22-15)8-18-7-11-3-4-13(9-18)19(14(11)20)5-6-21-2/h10-11,13H,3-9H2,1-2H3,(H,16,17)/t11-,13+/m1/s1. The number of hydrogen-bond acceptors (Lipinski definition) is 6. The molecule has 0 unspecified atom stereocenters. The van der Waals surface area contributed by atoms with Crippen molar-refractivity contribution in [2.24, 2.45) is 5.92 Å². The third-order valence-electron chi connectivity index (χ3n) is 4.56. The molecule has 3 aliphatic heterocycles. The Labute approximate surface area is 135 Å². The van der Waals surface area contributed by atoms with E-state index < -0.39 is 0 Å². The van der Waals surface area contributed by atoms with Crippen molar-refractivity contribution >= 4 is 22.4 Å². The summed E-state index contributed by atoms with van der Waals surface area (Å²) < 4.78 is 5.16. The first-order valence-corrected chi connectivity index (χ1v) is 8.73. The number of nitrogens with one attached hydrogen (secondary N) is 1. The number of aromatic nitrogens is 1. The van der Waals surface area contributed by atoms with Gasteiger partial charge in [0.25, 0.3) is 0 Å². The van der Waals surface area contributed by atoms with Crippen LogP contribution in [-0.2, 0) is 16.1 Å². The Hall–Kier alpha value is -1.18. The van der Waals surface area contributed by atoms with Crippen LogP contribution in [0.15, 0.2) is 5.38 Å². The van der Waals surface area contributed by atoms with Crippen LogP contribution in [-0.4, -0.2) is 67.1 Å². The zero-order valence-corrected chi connectivity index (χ0v) is 14.1. The number of amides is 1. The first kappa shape index (κ1) is 15.7. The lowest BCUT2D eigenvalue weighted by molar-refractivity contribution is -0.140. The van der Waals surface area contributed by atoms with Crippen molar-refractivity contribution in [2.75, 3.05) is 45.7 Å². The molecule has 1 aromatic heterocycles. The van der Waals surface area contributed by atoms with E-state index >= 15 is 0 Å². The van der Waals surface area contributed by atoms with Crippen LogP contribution in [0.1, 0.15) is 18.5 Å². The van der Waals surface area contributed by atoms with E-state index in [1.54, 1.807) is 18.4 Å². The van der Waals surface area contributed by atoms with Gasteiger partial charge in [-0.1, -0.05) is 0 Å². The summed E-state index contributed by atoms with van der Waals surface area (Å²) in [6.07, 6.45) is 2.12. The molecule has 0 radical (unpaired) electrons. The molecular weight excluding hydrogens is 300 g/mol. The van der Waals surface area contributed by atoms with Crippen molar-refractivity contribution in [3.63, 3.8) is 0 Å². The highest BCUT2D eigenvalue weighted by Gasteiger charge is 2.40. The van der Waals surface area contributed by atoms with Crippen LogP contribution in [0.2, 0.25) is 0 Å². The Morgan fingerprint density at radius 1 is 1.45 bits per heavy atom. The van der Waals surface area contributed by atoms with E-state index in [0.717, 1.165) is 43.3 Å². The summed E-state index contributed by atoms with van der Waals surface area (Å²) in [6.45, 7) is 3.96. The lowest BCUT2D eigenvalue weighted by Gasteiger charge is -2.35. The second-order valence-electron chi connectivity index (χ2n) is 6.04. The van der Waals surface area contributed by atoms with E-state index in [1.807, 2.05) is 11.9 Å². The molecule has 2 bridgehead atoms. The zero-order chi connectivity index (χ0) is 15.5.